The van der Waals surface area contributed by atoms with Gasteiger partial charge in [0.1, 0.15) is 17.2 Å². The normalized spacial score (nSPS) is 17.0. The van der Waals surface area contributed by atoms with Gasteiger partial charge in [-0.1, -0.05) is 0 Å². The van der Waals surface area contributed by atoms with Crippen LogP contribution in [-0.4, -0.2) is 50.2 Å². The van der Waals surface area contributed by atoms with Gasteiger partial charge in [-0.25, -0.2) is 9.50 Å². The standard InChI is InChI=1S/C22H23N7/c1-15-12-17(7-9-24-15)22-21(18-4-3-8-23-13-18)26-19-5-6-20(27-29(19)22)28-11-10-25-16(2)14-28/h3-9,12-13,16,25H,10-11,14H2,1-2H3/t16-/m0/s1. The molecule has 0 radical (unpaired) electrons. The summed E-state index contributed by atoms with van der Waals surface area (Å²) in [6.07, 6.45) is 5.45. The van der Waals surface area contributed by atoms with Gasteiger partial charge in [0.05, 0.1) is 0 Å². The van der Waals surface area contributed by atoms with Crippen molar-refractivity contribution in [1.29, 1.82) is 0 Å². The van der Waals surface area contributed by atoms with E-state index in [1.807, 2.05) is 48.1 Å². The summed E-state index contributed by atoms with van der Waals surface area (Å²) in [5.41, 5.74) is 5.63. The highest BCUT2D eigenvalue weighted by Gasteiger charge is 2.21. The van der Waals surface area contributed by atoms with Crippen molar-refractivity contribution >= 4 is 11.5 Å². The van der Waals surface area contributed by atoms with Crippen molar-refractivity contribution in [1.82, 2.24) is 29.9 Å². The lowest BCUT2D eigenvalue weighted by atomic mass is 10.1. The Balaban J connectivity index is 1.71. The number of aromatic nitrogens is 5. The summed E-state index contributed by atoms with van der Waals surface area (Å²) in [6, 6.07) is 12.6. The van der Waals surface area contributed by atoms with E-state index in [2.05, 4.69) is 39.2 Å². The first kappa shape index (κ1) is 17.8. The van der Waals surface area contributed by atoms with Gasteiger partial charge in [-0.2, -0.15) is 0 Å². The second-order valence-electron chi connectivity index (χ2n) is 7.50. The molecule has 0 amide bonds. The molecular weight excluding hydrogens is 362 g/mol. The monoisotopic (exact) mass is 385 g/mol. The quantitative estimate of drug-likeness (QED) is 0.585. The van der Waals surface area contributed by atoms with Crippen molar-refractivity contribution in [3.63, 3.8) is 0 Å². The van der Waals surface area contributed by atoms with Crippen molar-refractivity contribution in [2.75, 3.05) is 24.5 Å². The van der Waals surface area contributed by atoms with Crippen LogP contribution in [0.2, 0.25) is 0 Å². The second kappa shape index (κ2) is 7.25. The number of rotatable bonds is 3. The maximum absolute atomic E-state index is 5.00. The Labute approximate surface area is 169 Å². The minimum absolute atomic E-state index is 0.442. The number of pyridine rings is 2. The van der Waals surface area contributed by atoms with Gasteiger partial charge in [-0.05, 0) is 50.2 Å². The van der Waals surface area contributed by atoms with Crippen molar-refractivity contribution in [3.05, 3.63) is 60.7 Å². The molecule has 5 heterocycles. The third kappa shape index (κ3) is 3.34. The molecule has 0 spiro atoms. The lowest BCUT2D eigenvalue weighted by molar-refractivity contribution is 0.481. The fourth-order valence-corrected chi connectivity index (χ4v) is 3.89. The molecule has 1 fully saturated rings. The third-order valence-electron chi connectivity index (χ3n) is 5.26. The minimum atomic E-state index is 0.442. The Morgan fingerprint density at radius 1 is 1.10 bits per heavy atom. The van der Waals surface area contributed by atoms with Crippen LogP contribution in [0.5, 0.6) is 0 Å². The molecule has 0 saturated carbocycles. The number of fused-ring (bicyclic) bond motifs is 1. The molecule has 1 saturated heterocycles. The van der Waals surface area contributed by atoms with E-state index in [1.165, 1.54) is 0 Å². The van der Waals surface area contributed by atoms with Crippen LogP contribution in [0.3, 0.4) is 0 Å². The van der Waals surface area contributed by atoms with Crippen LogP contribution in [0.4, 0.5) is 5.82 Å². The fourth-order valence-electron chi connectivity index (χ4n) is 3.89. The lowest BCUT2D eigenvalue weighted by Crippen LogP contribution is -2.49. The summed E-state index contributed by atoms with van der Waals surface area (Å²) in [5.74, 6) is 0.966. The van der Waals surface area contributed by atoms with Crippen molar-refractivity contribution in [2.24, 2.45) is 0 Å². The van der Waals surface area contributed by atoms with Crippen LogP contribution < -0.4 is 10.2 Å². The molecule has 0 bridgehead atoms. The Morgan fingerprint density at radius 2 is 2.03 bits per heavy atom. The zero-order chi connectivity index (χ0) is 19.8. The zero-order valence-corrected chi connectivity index (χ0v) is 16.6. The van der Waals surface area contributed by atoms with E-state index < -0.39 is 0 Å². The molecule has 0 aliphatic carbocycles. The number of piperazine rings is 1. The molecule has 7 nitrogen and oxygen atoms in total. The summed E-state index contributed by atoms with van der Waals surface area (Å²) < 4.78 is 1.96. The van der Waals surface area contributed by atoms with Crippen LogP contribution in [0.1, 0.15) is 12.6 Å². The topological polar surface area (TPSA) is 71.2 Å². The van der Waals surface area contributed by atoms with Crippen molar-refractivity contribution in [2.45, 2.75) is 19.9 Å². The largest absolute Gasteiger partial charge is 0.352 e. The first-order chi connectivity index (χ1) is 14.2. The van der Waals surface area contributed by atoms with E-state index in [9.17, 15) is 0 Å². The summed E-state index contributed by atoms with van der Waals surface area (Å²) in [7, 11) is 0. The first-order valence-electron chi connectivity index (χ1n) is 9.90. The minimum Gasteiger partial charge on any atom is -0.352 e. The van der Waals surface area contributed by atoms with Gasteiger partial charge >= 0.3 is 0 Å². The number of hydrogen-bond acceptors (Lipinski definition) is 6. The fraction of sp³-hybridized carbons (Fsp3) is 0.273. The Hall–Kier alpha value is -3.32. The van der Waals surface area contributed by atoms with Gasteiger partial charge < -0.3 is 10.2 Å². The average Bonchev–Trinajstić information content (AvgIpc) is 3.13. The molecule has 0 aromatic carbocycles. The number of anilines is 1. The number of hydrogen-bond donors (Lipinski definition) is 1. The average molecular weight is 385 g/mol. The van der Waals surface area contributed by atoms with E-state index in [0.29, 0.717) is 6.04 Å². The number of imidazole rings is 1. The number of nitrogens with one attached hydrogen (secondary N) is 1. The molecular formula is C22H23N7. The molecule has 4 aromatic rings. The van der Waals surface area contributed by atoms with Gasteiger partial charge in [0.25, 0.3) is 0 Å². The molecule has 1 atom stereocenters. The van der Waals surface area contributed by atoms with Crippen LogP contribution in [0.25, 0.3) is 28.2 Å². The molecule has 1 aliphatic rings. The Morgan fingerprint density at radius 3 is 2.83 bits per heavy atom. The van der Waals surface area contributed by atoms with Crippen molar-refractivity contribution < 1.29 is 0 Å². The SMILES string of the molecule is Cc1cc(-c2c(-c3cccnc3)nc3ccc(N4CCN[C@@H](C)C4)nn23)ccn1. The summed E-state index contributed by atoms with van der Waals surface area (Å²) in [6.45, 7) is 7.04. The van der Waals surface area contributed by atoms with E-state index >= 15 is 0 Å². The summed E-state index contributed by atoms with van der Waals surface area (Å²) in [5, 5.41) is 8.48. The second-order valence-corrected chi connectivity index (χ2v) is 7.50. The summed E-state index contributed by atoms with van der Waals surface area (Å²) in [4.78, 5) is 15.9. The number of aryl methyl sites for hydroxylation is 1. The predicted octanol–water partition coefficient (Wildman–Crippen LogP) is 2.96. The maximum atomic E-state index is 5.00. The molecule has 146 valence electrons. The maximum Gasteiger partial charge on any atom is 0.155 e. The lowest BCUT2D eigenvalue weighted by Gasteiger charge is -2.32. The summed E-state index contributed by atoms with van der Waals surface area (Å²) >= 11 is 0. The number of nitrogens with zero attached hydrogens (tertiary/aromatic N) is 6. The Bertz CT molecular complexity index is 1150. The highest BCUT2D eigenvalue weighted by atomic mass is 15.3. The van der Waals surface area contributed by atoms with Gasteiger partial charge in [0.2, 0.25) is 0 Å². The highest BCUT2D eigenvalue weighted by molar-refractivity contribution is 5.81. The smallest absolute Gasteiger partial charge is 0.155 e. The van der Waals surface area contributed by atoms with Gasteiger partial charge in [0.15, 0.2) is 5.65 Å². The van der Waals surface area contributed by atoms with Gasteiger partial charge in [0, 0.05) is 61.1 Å². The van der Waals surface area contributed by atoms with Crippen molar-refractivity contribution in [3.8, 4) is 22.5 Å². The third-order valence-corrected chi connectivity index (χ3v) is 5.26. The Kier molecular flexibility index (Phi) is 4.44. The molecule has 1 aliphatic heterocycles. The molecule has 5 rings (SSSR count). The highest BCUT2D eigenvalue weighted by Crippen LogP contribution is 2.32. The van der Waals surface area contributed by atoms with Crippen LogP contribution in [-0.2, 0) is 0 Å². The molecule has 1 N–H and O–H groups in total. The first-order valence-corrected chi connectivity index (χ1v) is 9.90. The molecule has 7 heteroatoms. The predicted molar refractivity (Wildman–Crippen MR) is 114 cm³/mol. The van der Waals surface area contributed by atoms with E-state index in [4.69, 9.17) is 10.1 Å². The van der Waals surface area contributed by atoms with E-state index in [1.54, 1.807) is 6.20 Å². The molecule has 0 unspecified atom stereocenters. The van der Waals surface area contributed by atoms with E-state index in [0.717, 1.165) is 59.3 Å². The van der Waals surface area contributed by atoms with Crippen LogP contribution in [0, 0.1) is 6.92 Å². The van der Waals surface area contributed by atoms with Crippen LogP contribution in [0.15, 0.2) is 55.0 Å². The zero-order valence-electron chi connectivity index (χ0n) is 16.6. The van der Waals surface area contributed by atoms with Gasteiger partial charge in [-0.3, -0.25) is 9.97 Å². The van der Waals surface area contributed by atoms with Gasteiger partial charge in [-0.15, -0.1) is 5.10 Å². The molecule has 4 aromatic heterocycles. The van der Waals surface area contributed by atoms with Crippen LogP contribution >= 0.6 is 0 Å². The molecule has 29 heavy (non-hydrogen) atoms. The van der Waals surface area contributed by atoms with E-state index in [-0.39, 0.29) is 0 Å².